The number of carbonyl (C=O) groups is 2. The highest BCUT2D eigenvalue weighted by atomic mass is 32.1. The highest BCUT2D eigenvalue weighted by molar-refractivity contribution is 7.80. The summed E-state index contributed by atoms with van der Waals surface area (Å²) >= 11 is 5.10. The normalized spacial score (nSPS) is 14.1. The van der Waals surface area contributed by atoms with Crippen LogP contribution in [-0.4, -0.2) is 55.4 Å². The molecule has 1 aromatic carbocycles. The van der Waals surface area contributed by atoms with E-state index >= 15 is 0 Å². The van der Waals surface area contributed by atoms with Crippen molar-refractivity contribution in [3.8, 4) is 0 Å². The Morgan fingerprint density at radius 3 is 2.45 bits per heavy atom. The fourth-order valence-corrected chi connectivity index (χ4v) is 2.12. The van der Waals surface area contributed by atoms with E-state index in [-0.39, 0.29) is 11.1 Å². The lowest BCUT2D eigenvalue weighted by molar-refractivity contribution is 0.0543. The van der Waals surface area contributed by atoms with Crippen LogP contribution in [-0.2, 0) is 9.47 Å². The molecule has 1 aromatic rings. The molecule has 2 amide bonds. The van der Waals surface area contributed by atoms with Gasteiger partial charge in [-0.15, -0.1) is 0 Å². The lowest BCUT2D eigenvalue weighted by atomic mass is 10.2. The maximum atomic E-state index is 12.0. The van der Waals surface area contributed by atoms with E-state index in [4.69, 9.17) is 17.0 Å². The Morgan fingerprint density at radius 1 is 1.23 bits per heavy atom. The highest BCUT2D eigenvalue weighted by Gasteiger charge is 2.17. The summed E-state index contributed by atoms with van der Waals surface area (Å²) in [6.45, 7) is 2.15. The molecule has 1 aliphatic heterocycles. The molecular weight excluding hydrogens is 306 g/mol. The van der Waals surface area contributed by atoms with Crippen molar-refractivity contribution in [2.45, 2.75) is 0 Å². The summed E-state index contributed by atoms with van der Waals surface area (Å²) in [7, 11) is 1.32. The van der Waals surface area contributed by atoms with Crippen molar-refractivity contribution >= 4 is 35.0 Å². The number of thiocarbonyl (C=S) groups is 1. The summed E-state index contributed by atoms with van der Waals surface area (Å²) in [6, 6.07) is 6.33. The minimum atomic E-state index is -0.408. The zero-order valence-electron chi connectivity index (χ0n) is 12.1. The van der Waals surface area contributed by atoms with Crippen molar-refractivity contribution in [1.82, 2.24) is 10.2 Å². The molecule has 0 radical (unpaired) electrons. The van der Waals surface area contributed by atoms with E-state index in [1.807, 2.05) is 0 Å². The highest BCUT2D eigenvalue weighted by Crippen LogP contribution is 2.10. The minimum Gasteiger partial charge on any atom is -0.465 e. The topological polar surface area (TPSA) is 79.9 Å². The Balaban J connectivity index is 1.86. The van der Waals surface area contributed by atoms with E-state index in [1.165, 1.54) is 7.11 Å². The van der Waals surface area contributed by atoms with Crippen molar-refractivity contribution in [3.05, 3.63) is 29.8 Å². The van der Waals surface area contributed by atoms with E-state index in [0.29, 0.717) is 37.6 Å². The van der Waals surface area contributed by atoms with Crippen molar-refractivity contribution in [1.29, 1.82) is 0 Å². The monoisotopic (exact) mass is 323 g/mol. The Hall–Kier alpha value is -2.19. The maximum absolute atomic E-state index is 12.0. The van der Waals surface area contributed by atoms with Gasteiger partial charge in [0.15, 0.2) is 5.11 Å². The molecule has 0 spiro atoms. The van der Waals surface area contributed by atoms with Gasteiger partial charge in [-0.05, 0) is 36.5 Å². The number of methoxy groups -OCH3 is 1. The second kappa shape index (κ2) is 7.71. The van der Waals surface area contributed by atoms with Gasteiger partial charge in [0.1, 0.15) is 0 Å². The molecule has 2 N–H and O–H groups in total. The predicted octanol–water partition coefficient (Wildman–Crippen LogP) is 1.21. The summed E-state index contributed by atoms with van der Waals surface area (Å²) in [5.41, 5.74) is 1.11. The van der Waals surface area contributed by atoms with Crippen molar-refractivity contribution in [3.63, 3.8) is 0 Å². The molecule has 7 nitrogen and oxygen atoms in total. The number of nitrogens with zero attached hydrogens (tertiary/aromatic N) is 1. The van der Waals surface area contributed by atoms with Gasteiger partial charge in [-0.25, -0.2) is 9.59 Å². The first kappa shape index (κ1) is 16.2. The summed E-state index contributed by atoms with van der Waals surface area (Å²) in [6.07, 6.45) is 0. The van der Waals surface area contributed by atoms with Gasteiger partial charge in [-0.2, -0.15) is 0 Å². The average molecular weight is 323 g/mol. The number of amides is 2. The third kappa shape index (κ3) is 4.40. The van der Waals surface area contributed by atoms with Crippen LogP contribution in [0.1, 0.15) is 10.4 Å². The number of carbonyl (C=O) groups excluding carboxylic acids is 2. The van der Waals surface area contributed by atoms with Crippen LogP contribution >= 0.6 is 12.2 Å². The number of hydrogen-bond acceptors (Lipinski definition) is 5. The molecule has 0 aliphatic carbocycles. The number of benzene rings is 1. The van der Waals surface area contributed by atoms with Gasteiger partial charge in [0.2, 0.25) is 0 Å². The maximum Gasteiger partial charge on any atom is 0.337 e. The van der Waals surface area contributed by atoms with Gasteiger partial charge in [-0.1, -0.05) is 0 Å². The fraction of sp³-hybridized carbons (Fsp3) is 0.357. The van der Waals surface area contributed by atoms with Gasteiger partial charge in [0, 0.05) is 18.8 Å². The van der Waals surface area contributed by atoms with Gasteiger partial charge < -0.3 is 19.7 Å². The smallest absolute Gasteiger partial charge is 0.337 e. The molecule has 1 aliphatic rings. The third-order valence-corrected chi connectivity index (χ3v) is 3.29. The van der Waals surface area contributed by atoms with Crippen LogP contribution in [0.25, 0.3) is 0 Å². The molecule has 118 valence electrons. The molecule has 8 heteroatoms. The molecule has 0 atom stereocenters. The van der Waals surface area contributed by atoms with Crippen molar-refractivity contribution in [2.75, 3.05) is 38.7 Å². The third-order valence-electron chi connectivity index (χ3n) is 3.08. The molecule has 2 rings (SSSR count). The van der Waals surface area contributed by atoms with Crippen LogP contribution in [0.15, 0.2) is 24.3 Å². The molecule has 22 heavy (non-hydrogen) atoms. The lowest BCUT2D eigenvalue weighted by Gasteiger charge is -2.27. The fourth-order valence-electron chi connectivity index (χ4n) is 1.91. The van der Waals surface area contributed by atoms with E-state index in [9.17, 15) is 9.59 Å². The van der Waals surface area contributed by atoms with Gasteiger partial charge >= 0.3 is 12.0 Å². The number of ether oxygens (including phenoxy) is 2. The van der Waals surface area contributed by atoms with E-state index in [1.54, 1.807) is 29.2 Å². The molecule has 0 unspecified atom stereocenters. The summed E-state index contributed by atoms with van der Waals surface area (Å²) in [5.74, 6) is -0.408. The quantitative estimate of drug-likeness (QED) is 0.629. The summed E-state index contributed by atoms with van der Waals surface area (Å²) < 4.78 is 9.80. The predicted molar refractivity (Wildman–Crippen MR) is 84.9 cm³/mol. The van der Waals surface area contributed by atoms with E-state index in [0.717, 1.165) is 0 Å². The Bertz CT molecular complexity index is 556. The lowest BCUT2D eigenvalue weighted by Crippen LogP contribution is -2.48. The van der Waals surface area contributed by atoms with Crippen LogP contribution in [0.2, 0.25) is 0 Å². The molecule has 1 saturated heterocycles. The first-order valence-corrected chi connectivity index (χ1v) is 7.14. The second-order valence-electron chi connectivity index (χ2n) is 4.55. The van der Waals surface area contributed by atoms with Crippen LogP contribution in [0.5, 0.6) is 0 Å². The van der Waals surface area contributed by atoms with Crippen molar-refractivity contribution in [2.24, 2.45) is 0 Å². The minimum absolute atomic E-state index is 0.197. The Labute approximate surface area is 133 Å². The number of anilines is 1. The first-order chi connectivity index (χ1) is 10.6. The standard InChI is InChI=1S/C14H17N3O4S/c1-20-12(18)10-2-4-11(5-3-10)15-13(22)16-14(19)17-6-8-21-9-7-17/h2-5H,6-9H2,1H3,(H2,15,16,19,22). The number of rotatable bonds is 2. The van der Waals surface area contributed by atoms with Crippen molar-refractivity contribution < 1.29 is 19.1 Å². The average Bonchev–Trinajstić information content (AvgIpc) is 2.55. The number of nitrogens with one attached hydrogen (secondary N) is 2. The van der Waals surface area contributed by atoms with Crippen LogP contribution in [0, 0.1) is 0 Å². The molecule has 0 bridgehead atoms. The number of morpholine rings is 1. The van der Waals surface area contributed by atoms with Crippen LogP contribution < -0.4 is 10.6 Å². The Kier molecular flexibility index (Phi) is 5.68. The largest absolute Gasteiger partial charge is 0.465 e. The number of urea groups is 1. The zero-order valence-corrected chi connectivity index (χ0v) is 12.9. The zero-order chi connectivity index (χ0) is 15.9. The van der Waals surface area contributed by atoms with E-state index in [2.05, 4.69) is 15.4 Å². The number of esters is 1. The molecule has 1 heterocycles. The summed E-state index contributed by atoms with van der Waals surface area (Å²) in [5, 5.41) is 5.69. The molecule has 0 aromatic heterocycles. The molecule has 1 fully saturated rings. The van der Waals surface area contributed by atoms with Gasteiger partial charge in [0.05, 0.1) is 25.9 Å². The SMILES string of the molecule is COC(=O)c1ccc(NC(=S)NC(=O)N2CCOCC2)cc1. The second-order valence-corrected chi connectivity index (χ2v) is 4.96. The summed E-state index contributed by atoms with van der Waals surface area (Å²) in [4.78, 5) is 24.9. The van der Waals surface area contributed by atoms with E-state index < -0.39 is 5.97 Å². The van der Waals surface area contributed by atoms with Crippen LogP contribution in [0.4, 0.5) is 10.5 Å². The first-order valence-electron chi connectivity index (χ1n) is 6.73. The van der Waals surface area contributed by atoms with Gasteiger partial charge in [0.25, 0.3) is 0 Å². The Morgan fingerprint density at radius 2 is 1.86 bits per heavy atom. The van der Waals surface area contributed by atoms with Gasteiger partial charge in [-0.3, -0.25) is 5.32 Å². The van der Waals surface area contributed by atoms with Crippen LogP contribution in [0.3, 0.4) is 0 Å². The molecular formula is C14H17N3O4S. The number of hydrogen-bond donors (Lipinski definition) is 2. The molecule has 0 saturated carbocycles.